The van der Waals surface area contributed by atoms with E-state index >= 15 is 0 Å². The fraction of sp³-hybridized carbons (Fsp3) is 0.947. The summed E-state index contributed by atoms with van der Waals surface area (Å²) in [5.41, 5.74) is 0. The first-order valence-corrected chi connectivity index (χ1v) is 9.84. The number of likely N-dealkylation sites (N-methyl/N-ethyl adjacent to an activating group) is 1. The Hall–Kier alpha value is -0.610. The Labute approximate surface area is 143 Å². The number of carbonyl (C=O) groups excluding carboxylic acids is 1. The van der Waals surface area contributed by atoms with E-state index in [4.69, 9.17) is 4.74 Å². The second-order valence-electron chi connectivity index (χ2n) is 7.37. The molecule has 23 heavy (non-hydrogen) atoms. The SMILES string of the molecule is CCCCCCCCCCCCNC(=O)C[N+]1(C)CCOCC1. The molecule has 1 aliphatic heterocycles. The quantitative estimate of drug-likeness (QED) is 0.415. The van der Waals surface area contributed by atoms with Gasteiger partial charge in [0.1, 0.15) is 13.1 Å². The second kappa shape index (κ2) is 12.8. The summed E-state index contributed by atoms with van der Waals surface area (Å²) in [5, 5.41) is 3.09. The van der Waals surface area contributed by atoms with Gasteiger partial charge in [-0.15, -0.1) is 0 Å². The van der Waals surface area contributed by atoms with Crippen LogP contribution < -0.4 is 5.32 Å². The lowest BCUT2D eigenvalue weighted by Gasteiger charge is -2.36. The van der Waals surface area contributed by atoms with Crippen molar-refractivity contribution in [2.24, 2.45) is 0 Å². The number of rotatable bonds is 13. The van der Waals surface area contributed by atoms with Crippen molar-refractivity contribution in [3.05, 3.63) is 0 Å². The summed E-state index contributed by atoms with van der Waals surface area (Å²) in [6.07, 6.45) is 13.4. The van der Waals surface area contributed by atoms with Crippen molar-refractivity contribution in [2.45, 2.75) is 71.1 Å². The number of ether oxygens (including phenoxy) is 1. The van der Waals surface area contributed by atoms with Crippen LogP contribution >= 0.6 is 0 Å². The molecule has 0 aromatic rings. The fourth-order valence-electron chi connectivity index (χ4n) is 3.18. The van der Waals surface area contributed by atoms with Gasteiger partial charge in [-0.05, 0) is 6.42 Å². The van der Waals surface area contributed by atoms with Crippen LogP contribution in [0.25, 0.3) is 0 Å². The Morgan fingerprint density at radius 1 is 0.913 bits per heavy atom. The molecule has 1 N–H and O–H groups in total. The minimum atomic E-state index is 0.199. The lowest BCUT2D eigenvalue weighted by Crippen LogP contribution is -2.56. The van der Waals surface area contributed by atoms with Crippen molar-refractivity contribution in [2.75, 3.05) is 46.4 Å². The molecule has 0 unspecified atom stereocenters. The molecule has 0 aromatic carbocycles. The molecule has 4 nitrogen and oxygen atoms in total. The molecule has 0 radical (unpaired) electrons. The van der Waals surface area contributed by atoms with Gasteiger partial charge in [0.2, 0.25) is 0 Å². The van der Waals surface area contributed by atoms with E-state index in [-0.39, 0.29) is 5.91 Å². The molecule has 1 heterocycles. The Kier molecular flexibility index (Phi) is 11.3. The first kappa shape index (κ1) is 20.4. The Balaban J connectivity index is 1.87. The predicted octanol–water partition coefficient (Wildman–Crippen LogP) is 3.50. The highest BCUT2D eigenvalue weighted by molar-refractivity contribution is 5.77. The first-order valence-electron chi connectivity index (χ1n) is 9.84. The molecule has 0 aromatic heterocycles. The molecule has 1 saturated heterocycles. The van der Waals surface area contributed by atoms with Crippen LogP contribution in [-0.2, 0) is 9.53 Å². The molecule has 1 amide bonds. The number of quaternary nitrogens is 1. The molecule has 4 heteroatoms. The van der Waals surface area contributed by atoms with Crippen molar-refractivity contribution in [1.82, 2.24) is 5.32 Å². The van der Waals surface area contributed by atoms with Gasteiger partial charge in [-0.3, -0.25) is 4.79 Å². The van der Waals surface area contributed by atoms with Crippen molar-refractivity contribution < 1.29 is 14.0 Å². The maximum atomic E-state index is 12.0. The van der Waals surface area contributed by atoms with E-state index in [2.05, 4.69) is 19.3 Å². The molecule has 0 saturated carbocycles. The third-order valence-corrected chi connectivity index (χ3v) is 4.93. The van der Waals surface area contributed by atoms with Crippen LogP contribution in [-0.4, -0.2) is 56.8 Å². The van der Waals surface area contributed by atoms with Gasteiger partial charge in [-0.25, -0.2) is 0 Å². The summed E-state index contributed by atoms with van der Waals surface area (Å²) >= 11 is 0. The summed E-state index contributed by atoms with van der Waals surface area (Å²) in [6.45, 7) is 7.16. The van der Waals surface area contributed by atoms with Gasteiger partial charge < -0.3 is 14.5 Å². The lowest BCUT2D eigenvalue weighted by atomic mass is 10.1. The highest BCUT2D eigenvalue weighted by atomic mass is 16.5. The van der Waals surface area contributed by atoms with Gasteiger partial charge in [-0.2, -0.15) is 0 Å². The zero-order chi connectivity index (χ0) is 16.8. The van der Waals surface area contributed by atoms with Crippen LogP contribution in [0, 0.1) is 0 Å². The molecule has 0 atom stereocenters. The molecule has 1 fully saturated rings. The van der Waals surface area contributed by atoms with Gasteiger partial charge in [0.05, 0.1) is 20.3 Å². The van der Waals surface area contributed by atoms with E-state index in [0.717, 1.165) is 43.8 Å². The average molecular weight is 328 g/mol. The van der Waals surface area contributed by atoms with Crippen LogP contribution in [0.15, 0.2) is 0 Å². The number of morpholine rings is 1. The normalized spacial score (nSPS) is 17.1. The number of nitrogens with zero attached hydrogens (tertiary/aromatic N) is 1. The largest absolute Gasteiger partial charge is 0.370 e. The number of nitrogens with one attached hydrogen (secondary N) is 1. The standard InChI is InChI=1S/C19H38N2O2/c1-3-4-5-6-7-8-9-10-11-12-13-20-19(22)18-21(2)14-16-23-17-15-21/h3-18H2,1-2H3/p+1. The van der Waals surface area contributed by atoms with Crippen molar-refractivity contribution in [1.29, 1.82) is 0 Å². The molecule has 1 rings (SSSR count). The minimum absolute atomic E-state index is 0.199. The molecular formula is C19H39N2O2+. The maximum absolute atomic E-state index is 12.0. The van der Waals surface area contributed by atoms with Crippen molar-refractivity contribution in [3.8, 4) is 0 Å². The van der Waals surface area contributed by atoms with Crippen LogP contribution in [0.5, 0.6) is 0 Å². The van der Waals surface area contributed by atoms with Gasteiger partial charge in [0, 0.05) is 6.54 Å². The van der Waals surface area contributed by atoms with Crippen LogP contribution in [0.3, 0.4) is 0 Å². The number of amides is 1. The molecule has 136 valence electrons. The van der Waals surface area contributed by atoms with E-state index in [1.807, 2.05) is 0 Å². The van der Waals surface area contributed by atoms with E-state index in [1.165, 1.54) is 57.8 Å². The summed E-state index contributed by atoms with van der Waals surface area (Å²) in [6, 6.07) is 0. The van der Waals surface area contributed by atoms with Crippen LogP contribution in [0.2, 0.25) is 0 Å². The highest BCUT2D eigenvalue weighted by Crippen LogP contribution is 2.10. The average Bonchev–Trinajstić information content (AvgIpc) is 2.53. The first-order chi connectivity index (χ1) is 11.2. The van der Waals surface area contributed by atoms with Crippen LogP contribution in [0.1, 0.15) is 71.1 Å². The molecule has 0 spiro atoms. The third-order valence-electron chi connectivity index (χ3n) is 4.93. The molecule has 0 aliphatic carbocycles. The van der Waals surface area contributed by atoms with E-state index < -0.39 is 0 Å². The molecule has 1 aliphatic rings. The van der Waals surface area contributed by atoms with Gasteiger partial charge in [-0.1, -0.05) is 64.7 Å². The monoisotopic (exact) mass is 327 g/mol. The smallest absolute Gasteiger partial charge is 0.275 e. The maximum Gasteiger partial charge on any atom is 0.275 e. The minimum Gasteiger partial charge on any atom is -0.370 e. The van der Waals surface area contributed by atoms with E-state index in [0.29, 0.717) is 6.54 Å². The highest BCUT2D eigenvalue weighted by Gasteiger charge is 2.27. The molecule has 0 bridgehead atoms. The zero-order valence-corrected chi connectivity index (χ0v) is 15.6. The second-order valence-corrected chi connectivity index (χ2v) is 7.37. The number of unbranched alkanes of at least 4 members (excludes halogenated alkanes) is 9. The Morgan fingerprint density at radius 2 is 1.43 bits per heavy atom. The third kappa shape index (κ3) is 10.7. The number of hydrogen-bond acceptors (Lipinski definition) is 2. The molecular weight excluding hydrogens is 288 g/mol. The van der Waals surface area contributed by atoms with Crippen molar-refractivity contribution >= 4 is 5.91 Å². The van der Waals surface area contributed by atoms with E-state index in [1.54, 1.807) is 0 Å². The van der Waals surface area contributed by atoms with Crippen molar-refractivity contribution in [3.63, 3.8) is 0 Å². The van der Waals surface area contributed by atoms with Gasteiger partial charge in [0.25, 0.3) is 5.91 Å². The Bertz CT molecular complexity index is 302. The lowest BCUT2D eigenvalue weighted by molar-refractivity contribution is -0.909. The van der Waals surface area contributed by atoms with E-state index in [9.17, 15) is 4.79 Å². The van der Waals surface area contributed by atoms with Gasteiger partial charge >= 0.3 is 0 Å². The fourth-order valence-corrected chi connectivity index (χ4v) is 3.18. The number of hydrogen-bond donors (Lipinski definition) is 1. The van der Waals surface area contributed by atoms with Gasteiger partial charge in [0.15, 0.2) is 6.54 Å². The number of carbonyl (C=O) groups is 1. The summed E-state index contributed by atoms with van der Waals surface area (Å²) in [4.78, 5) is 12.0. The van der Waals surface area contributed by atoms with Crippen LogP contribution in [0.4, 0.5) is 0 Å². The summed E-state index contributed by atoms with van der Waals surface area (Å²) < 4.78 is 6.19. The topological polar surface area (TPSA) is 38.3 Å². The summed E-state index contributed by atoms with van der Waals surface area (Å²) in [7, 11) is 2.16. The summed E-state index contributed by atoms with van der Waals surface area (Å²) in [5.74, 6) is 0.199. The predicted molar refractivity (Wildman–Crippen MR) is 96.5 cm³/mol. The zero-order valence-electron chi connectivity index (χ0n) is 15.6. The Morgan fingerprint density at radius 3 is 2.00 bits per heavy atom.